The zero-order valence-electron chi connectivity index (χ0n) is 11.4. The molecule has 0 atom stereocenters. The summed E-state index contributed by atoms with van der Waals surface area (Å²) in [4.78, 5) is 10.4. The molecule has 21 heavy (non-hydrogen) atoms. The Bertz CT molecular complexity index is 629. The van der Waals surface area contributed by atoms with Crippen molar-refractivity contribution in [2.45, 2.75) is 25.8 Å². The summed E-state index contributed by atoms with van der Waals surface area (Å²) in [7, 11) is 0. The first-order valence-corrected chi connectivity index (χ1v) is 6.62. The average Bonchev–Trinajstić information content (AvgIpc) is 2.86. The number of benzene rings is 1. The van der Waals surface area contributed by atoms with Crippen LogP contribution in [-0.4, -0.2) is 26.5 Å². The highest BCUT2D eigenvalue weighted by molar-refractivity contribution is 5.40. The Kier molecular flexibility index (Phi) is 4.94. The third-order valence-corrected chi connectivity index (χ3v) is 3.04. The third kappa shape index (κ3) is 4.06. The van der Waals surface area contributed by atoms with Crippen LogP contribution in [0, 0.1) is 15.9 Å². The molecule has 1 aromatic carbocycles. The van der Waals surface area contributed by atoms with E-state index in [1.54, 1.807) is 6.20 Å². The highest BCUT2D eigenvalue weighted by Crippen LogP contribution is 2.20. The molecule has 0 radical (unpaired) electrons. The highest BCUT2D eigenvalue weighted by atomic mass is 19.1. The van der Waals surface area contributed by atoms with Gasteiger partial charge in [0.2, 0.25) is 0 Å². The van der Waals surface area contributed by atoms with Crippen LogP contribution in [0.25, 0.3) is 0 Å². The van der Waals surface area contributed by atoms with Crippen molar-refractivity contribution in [3.63, 3.8) is 0 Å². The maximum atomic E-state index is 13.2. The predicted molar refractivity (Wildman–Crippen MR) is 74.2 cm³/mol. The molecule has 112 valence electrons. The van der Waals surface area contributed by atoms with Crippen LogP contribution in [0.4, 0.5) is 10.1 Å². The third-order valence-electron chi connectivity index (χ3n) is 3.04. The number of aryl methyl sites for hydroxylation is 1. The number of nitrogens with two attached hydrogens (primary N) is 1. The zero-order chi connectivity index (χ0) is 15.2. The van der Waals surface area contributed by atoms with Crippen molar-refractivity contribution in [3.05, 3.63) is 51.6 Å². The van der Waals surface area contributed by atoms with Gasteiger partial charge in [-0.3, -0.25) is 10.1 Å². The molecule has 0 saturated heterocycles. The Balaban J connectivity index is 2.11. The number of hydrogen-bond acceptors (Lipinski definition) is 5. The van der Waals surface area contributed by atoms with Gasteiger partial charge in [0.05, 0.1) is 22.7 Å². The van der Waals surface area contributed by atoms with E-state index in [9.17, 15) is 14.5 Å². The lowest BCUT2D eigenvalue weighted by atomic mass is 10.1. The SMILES string of the molecule is NCCCCc1cn(Cc2cc(F)ccc2[N+](=O)[O-])nn1. The molecule has 0 saturated carbocycles. The van der Waals surface area contributed by atoms with Crippen LogP contribution < -0.4 is 5.73 Å². The topological polar surface area (TPSA) is 99.9 Å². The second kappa shape index (κ2) is 6.89. The van der Waals surface area contributed by atoms with Gasteiger partial charge in [-0.1, -0.05) is 5.21 Å². The molecule has 8 heteroatoms. The lowest BCUT2D eigenvalue weighted by molar-refractivity contribution is -0.385. The van der Waals surface area contributed by atoms with Crippen LogP contribution in [0.1, 0.15) is 24.1 Å². The number of halogens is 1. The molecule has 2 N–H and O–H groups in total. The van der Waals surface area contributed by atoms with Crippen LogP contribution in [-0.2, 0) is 13.0 Å². The largest absolute Gasteiger partial charge is 0.330 e. The summed E-state index contributed by atoms with van der Waals surface area (Å²) >= 11 is 0. The van der Waals surface area contributed by atoms with Crippen molar-refractivity contribution in [1.29, 1.82) is 0 Å². The fourth-order valence-electron chi connectivity index (χ4n) is 2.01. The highest BCUT2D eigenvalue weighted by Gasteiger charge is 2.15. The lowest BCUT2D eigenvalue weighted by Gasteiger charge is -2.02. The number of aromatic nitrogens is 3. The van der Waals surface area contributed by atoms with Crippen LogP contribution >= 0.6 is 0 Å². The molecule has 0 aliphatic rings. The Labute approximate surface area is 120 Å². The maximum absolute atomic E-state index is 13.2. The monoisotopic (exact) mass is 293 g/mol. The minimum absolute atomic E-state index is 0.109. The zero-order valence-corrected chi connectivity index (χ0v) is 11.4. The predicted octanol–water partition coefficient (Wildman–Crippen LogP) is 1.66. The molecule has 0 aliphatic carbocycles. The Morgan fingerprint density at radius 2 is 2.19 bits per heavy atom. The Morgan fingerprint density at radius 1 is 1.38 bits per heavy atom. The average molecular weight is 293 g/mol. The van der Waals surface area contributed by atoms with E-state index < -0.39 is 10.7 Å². The first-order valence-electron chi connectivity index (χ1n) is 6.62. The van der Waals surface area contributed by atoms with E-state index in [1.165, 1.54) is 4.68 Å². The molecular weight excluding hydrogens is 277 g/mol. The van der Waals surface area contributed by atoms with Gasteiger partial charge in [0.25, 0.3) is 5.69 Å². The van der Waals surface area contributed by atoms with Crippen LogP contribution in [0.15, 0.2) is 24.4 Å². The van der Waals surface area contributed by atoms with E-state index in [2.05, 4.69) is 10.3 Å². The number of nitrogens with zero attached hydrogens (tertiary/aromatic N) is 4. The van der Waals surface area contributed by atoms with Crippen LogP contribution in [0.5, 0.6) is 0 Å². The number of nitro benzene ring substituents is 1. The second-order valence-corrected chi connectivity index (χ2v) is 4.68. The van der Waals surface area contributed by atoms with Crippen molar-refractivity contribution in [1.82, 2.24) is 15.0 Å². The minimum atomic E-state index is -0.534. The summed E-state index contributed by atoms with van der Waals surface area (Å²) in [6, 6.07) is 3.37. The molecule has 0 aliphatic heterocycles. The van der Waals surface area contributed by atoms with Gasteiger partial charge in [-0.2, -0.15) is 0 Å². The summed E-state index contributed by atoms with van der Waals surface area (Å²) in [5, 5.41) is 18.8. The molecule has 7 nitrogen and oxygen atoms in total. The molecule has 0 fully saturated rings. The summed E-state index contributed by atoms with van der Waals surface area (Å²) < 4.78 is 14.7. The van der Waals surface area contributed by atoms with Gasteiger partial charge < -0.3 is 5.73 Å². The molecular formula is C13H16FN5O2. The lowest BCUT2D eigenvalue weighted by Crippen LogP contribution is -2.04. The summed E-state index contributed by atoms with van der Waals surface area (Å²) in [6.07, 6.45) is 4.28. The smallest absolute Gasteiger partial charge is 0.274 e. The quantitative estimate of drug-likeness (QED) is 0.475. The molecule has 0 unspecified atom stereocenters. The normalized spacial score (nSPS) is 10.8. The van der Waals surface area contributed by atoms with Gasteiger partial charge in [0, 0.05) is 12.3 Å². The molecule has 1 aromatic heterocycles. The first-order chi connectivity index (χ1) is 10.1. The second-order valence-electron chi connectivity index (χ2n) is 4.68. The van der Waals surface area contributed by atoms with Gasteiger partial charge >= 0.3 is 0 Å². The van der Waals surface area contributed by atoms with Gasteiger partial charge in [0.15, 0.2) is 0 Å². The number of nitro groups is 1. The van der Waals surface area contributed by atoms with E-state index in [0.29, 0.717) is 6.54 Å². The molecule has 0 spiro atoms. The van der Waals surface area contributed by atoms with Crippen molar-refractivity contribution < 1.29 is 9.31 Å². The fourth-order valence-corrected chi connectivity index (χ4v) is 2.01. The van der Waals surface area contributed by atoms with Gasteiger partial charge in [0.1, 0.15) is 5.82 Å². The van der Waals surface area contributed by atoms with E-state index in [1.807, 2.05) is 0 Å². The van der Waals surface area contributed by atoms with Crippen molar-refractivity contribution >= 4 is 5.69 Å². The van der Waals surface area contributed by atoms with E-state index in [0.717, 1.165) is 43.2 Å². The van der Waals surface area contributed by atoms with E-state index in [4.69, 9.17) is 5.73 Å². The van der Waals surface area contributed by atoms with E-state index >= 15 is 0 Å². The first kappa shape index (κ1) is 15.0. The number of hydrogen-bond donors (Lipinski definition) is 1. The van der Waals surface area contributed by atoms with E-state index in [-0.39, 0.29) is 17.8 Å². The summed E-state index contributed by atoms with van der Waals surface area (Å²) in [6.45, 7) is 0.738. The molecule has 0 amide bonds. The van der Waals surface area contributed by atoms with Crippen LogP contribution in [0.3, 0.4) is 0 Å². The molecule has 0 bridgehead atoms. The molecule has 2 rings (SSSR count). The maximum Gasteiger partial charge on any atom is 0.274 e. The van der Waals surface area contributed by atoms with Gasteiger partial charge in [-0.05, 0) is 37.9 Å². The minimum Gasteiger partial charge on any atom is -0.330 e. The standard InChI is InChI=1S/C13H16FN5O2/c14-11-4-5-13(19(20)21)10(7-11)8-18-9-12(16-17-18)3-1-2-6-15/h4-5,7,9H,1-3,6,8,15H2. The fraction of sp³-hybridized carbons (Fsp3) is 0.385. The molecule has 2 aromatic rings. The Hall–Kier alpha value is -2.35. The van der Waals surface area contributed by atoms with Gasteiger partial charge in [-0.15, -0.1) is 5.10 Å². The van der Waals surface area contributed by atoms with Gasteiger partial charge in [-0.25, -0.2) is 9.07 Å². The number of unbranched alkanes of at least 4 members (excludes halogenated alkanes) is 1. The van der Waals surface area contributed by atoms with Crippen molar-refractivity contribution in [2.75, 3.05) is 6.54 Å². The van der Waals surface area contributed by atoms with Crippen LogP contribution in [0.2, 0.25) is 0 Å². The Morgan fingerprint density at radius 3 is 2.90 bits per heavy atom. The summed E-state index contributed by atoms with van der Waals surface area (Å²) in [5.41, 5.74) is 6.35. The van der Waals surface area contributed by atoms with Crippen molar-refractivity contribution in [2.24, 2.45) is 5.73 Å². The molecule has 1 heterocycles. The summed E-state index contributed by atoms with van der Waals surface area (Å²) in [5.74, 6) is -0.515. The van der Waals surface area contributed by atoms with Crippen molar-refractivity contribution in [3.8, 4) is 0 Å². The number of rotatable bonds is 7.